The summed E-state index contributed by atoms with van der Waals surface area (Å²) in [6, 6.07) is 14.1. The summed E-state index contributed by atoms with van der Waals surface area (Å²) >= 11 is 0. The van der Waals surface area contributed by atoms with Gasteiger partial charge in [-0.15, -0.1) is 0 Å². The lowest BCUT2D eigenvalue weighted by Crippen LogP contribution is -2.22. The summed E-state index contributed by atoms with van der Waals surface area (Å²) in [5, 5.41) is 6.81. The van der Waals surface area contributed by atoms with Crippen LogP contribution in [-0.4, -0.2) is 17.4 Å². The molecule has 122 valence electrons. The number of carbonyl (C=O) groups is 1. The summed E-state index contributed by atoms with van der Waals surface area (Å²) in [5.41, 5.74) is 2.75. The molecule has 24 heavy (non-hydrogen) atoms. The van der Waals surface area contributed by atoms with Gasteiger partial charge in [0.25, 0.3) is 5.91 Å². The number of rotatable bonds is 5. The number of benzene rings is 2. The largest absolute Gasteiger partial charge is 0.380 e. The van der Waals surface area contributed by atoms with Crippen molar-refractivity contribution in [2.45, 2.75) is 13.5 Å². The number of nitrogens with zero attached hydrogens (tertiary/aromatic N) is 1. The lowest BCUT2D eigenvalue weighted by molar-refractivity contribution is 0.0955. The van der Waals surface area contributed by atoms with E-state index in [1.165, 1.54) is 6.07 Å². The molecule has 1 amide bonds. The highest BCUT2D eigenvalue weighted by Gasteiger charge is 2.07. The van der Waals surface area contributed by atoms with Crippen molar-refractivity contribution in [3.05, 3.63) is 71.7 Å². The van der Waals surface area contributed by atoms with Crippen LogP contribution >= 0.6 is 0 Å². The summed E-state index contributed by atoms with van der Waals surface area (Å²) in [7, 11) is 0. The van der Waals surface area contributed by atoms with Gasteiger partial charge in [-0.3, -0.25) is 9.78 Å². The van der Waals surface area contributed by atoms with E-state index in [9.17, 15) is 9.18 Å². The number of anilines is 1. The number of nitrogens with one attached hydrogen (secondary N) is 2. The molecule has 1 aromatic heterocycles. The minimum atomic E-state index is -0.339. The zero-order valence-electron chi connectivity index (χ0n) is 13.3. The summed E-state index contributed by atoms with van der Waals surface area (Å²) in [6.07, 6.45) is 1.58. The Morgan fingerprint density at radius 1 is 1.17 bits per heavy atom. The maximum Gasteiger partial charge on any atom is 0.251 e. The highest BCUT2D eigenvalue weighted by atomic mass is 19.1. The van der Waals surface area contributed by atoms with Gasteiger partial charge < -0.3 is 10.6 Å². The van der Waals surface area contributed by atoms with Gasteiger partial charge >= 0.3 is 0 Å². The molecule has 0 aliphatic rings. The van der Waals surface area contributed by atoms with Gasteiger partial charge in [0.2, 0.25) is 0 Å². The van der Waals surface area contributed by atoms with Crippen molar-refractivity contribution in [3.8, 4) is 0 Å². The zero-order valence-corrected chi connectivity index (χ0v) is 13.3. The fraction of sp³-hybridized carbons (Fsp3) is 0.158. The lowest BCUT2D eigenvalue weighted by atomic mass is 10.1. The second-order valence-corrected chi connectivity index (χ2v) is 5.41. The molecule has 0 saturated carbocycles. The van der Waals surface area contributed by atoms with Gasteiger partial charge in [0.05, 0.1) is 0 Å². The Morgan fingerprint density at radius 3 is 2.83 bits per heavy atom. The first-order chi connectivity index (χ1) is 11.7. The van der Waals surface area contributed by atoms with Crippen LogP contribution in [0.1, 0.15) is 22.8 Å². The van der Waals surface area contributed by atoms with E-state index in [2.05, 4.69) is 15.6 Å². The molecule has 4 nitrogen and oxygen atoms in total. The van der Waals surface area contributed by atoms with Crippen molar-refractivity contribution in [3.63, 3.8) is 0 Å². The number of amides is 1. The van der Waals surface area contributed by atoms with E-state index in [0.717, 1.165) is 16.6 Å². The van der Waals surface area contributed by atoms with Crippen LogP contribution in [0.15, 0.2) is 54.7 Å². The van der Waals surface area contributed by atoms with Crippen LogP contribution in [0.5, 0.6) is 0 Å². The van der Waals surface area contributed by atoms with E-state index in [-0.39, 0.29) is 11.7 Å². The number of hydrogen-bond donors (Lipinski definition) is 2. The van der Waals surface area contributed by atoms with Gasteiger partial charge in [-0.05, 0) is 36.8 Å². The molecule has 0 spiro atoms. The molecule has 0 saturated heterocycles. The van der Waals surface area contributed by atoms with Crippen molar-refractivity contribution >= 4 is 22.5 Å². The first-order valence-corrected chi connectivity index (χ1v) is 7.83. The third kappa shape index (κ3) is 3.35. The van der Waals surface area contributed by atoms with Crippen LogP contribution in [0.25, 0.3) is 10.9 Å². The average molecular weight is 323 g/mol. The molecule has 2 N–H and O–H groups in total. The molecule has 0 aliphatic heterocycles. The van der Waals surface area contributed by atoms with Crippen LogP contribution in [0.3, 0.4) is 0 Å². The molecule has 5 heteroatoms. The monoisotopic (exact) mass is 323 g/mol. The number of fused-ring (bicyclic) bond motifs is 1. The highest BCUT2D eigenvalue weighted by Crippen LogP contribution is 2.23. The van der Waals surface area contributed by atoms with Crippen molar-refractivity contribution in [1.29, 1.82) is 0 Å². The number of carbonyl (C=O) groups excluding carboxylic acids is 1. The quantitative estimate of drug-likeness (QED) is 0.752. The predicted octanol–water partition coefficient (Wildman–Crippen LogP) is 3.74. The van der Waals surface area contributed by atoms with Crippen LogP contribution in [-0.2, 0) is 6.54 Å². The molecule has 0 atom stereocenters. The molecule has 3 rings (SSSR count). The summed E-state index contributed by atoms with van der Waals surface area (Å²) < 4.78 is 13.8. The van der Waals surface area contributed by atoms with Gasteiger partial charge in [0, 0.05) is 35.9 Å². The molecule has 0 unspecified atom stereocenters. The number of hydrogen-bond acceptors (Lipinski definition) is 3. The standard InChI is InChI=1S/C19H18FN3O/c1-2-21-19(24)14-6-3-5-13(11-14)12-23-17-9-10-22-18-15(17)7-4-8-16(18)20/h3-11H,2,12H2,1H3,(H,21,24)(H,22,23). The third-order valence-electron chi connectivity index (χ3n) is 3.73. The minimum Gasteiger partial charge on any atom is -0.380 e. The summed E-state index contributed by atoms with van der Waals surface area (Å²) in [6.45, 7) is 3.01. The van der Waals surface area contributed by atoms with Crippen LogP contribution in [0.4, 0.5) is 10.1 Å². The molecular formula is C19H18FN3O. The fourth-order valence-corrected chi connectivity index (χ4v) is 2.58. The van der Waals surface area contributed by atoms with Gasteiger partial charge in [0.1, 0.15) is 11.3 Å². The third-order valence-corrected chi connectivity index (χ3v) is 3.73. The number of pyridine rings is 1. The van der Waals surface area contributed by atoms with Crippen molar-refractivity contribution in [2.24, 2.45) is 0 Å². The number of halogens is 1. The zero-order chi connectivity index (χ0) is 16.9. The van der Waals surface area contributed by atoms with Crippen molar-refractivity contribution < 1.29 is 9.18 Å². The molecule has 0 fully saturated rings. The predicted molar refractivity (Wildman–Crippen MR) is 93.5 cm³/mol. The summed E-state index contributed by atoms with van der Waals surface area (Å²) in [5.74, 6) is -0.426. The van der Waals surface area contributed by atoms with Crippen LogP contribution < -0.4 is 10.6 Å². The summed E-state index contributed by atoms with van der Waals surface area (Å²) in [4.78, 5) is 16.0. The first kappa shape index (κ1) is 15.9. The molecule has 0 radical (unpaired) electrons. The normalized spacial score (nSPS) is 10.6. The van der Waals surface area contributed by atoms with Crippen molar-refractivity contribution in [1.82, 2.24) is 10.3 Å². The topological polar surface area (TPSA) is 54.0 Å². The Kier molecular flexibility index (Phi) is 4.70. The number of para-hydroxylation sites is 1. The second-order valence-electron chi connectivity index (χ2n) is 5.41. The van der Waals surface area contributed by atoms with Crippen molar-refractivity contribution in [2.75, 3.05) is 11.9 Å². The molecular weight excluding hydrogens is 305 g/mol. The maximum atomic E-state index is 13.8. The Labute approximate surface area is 139 Å². The highest BCUT2D eigenvalue weighted by molar-refractivity contribution is 5.94. The second kappa shape index (κ2) is 7.08. The SMILES string of the molecule is CCNC(=O)c1cccc(CNc2ccnc3c(F)cccc23)c1. The van der Waals surface area contributed by atoms with Crippen LogP contribution in [0.2, 0.25) is 0 Å². The van der Waals surface area contributed by atoms with Gasteiger partial charge in [-0.1, -0.05) is 24.3 Å². The Morgan fingerprint density at radius 2 is 2.00 bits per heavy atom. The van der Waals surface area contributed by atoms with E-state index in [1.54, 1.807) is 18.3 Å². The Hall–Kier alpha value is -2.95. The first-order valence-electron chi connectivity index (χ1n) is 7.83. The molecule has 3 aromatic rings. The molecule has 0 aliphatic carbocycles. The minimum absolute atomic E-state index is 0.0872. The fourth-order valence-electron chi connectivity index (χ4n) is 2.58. The molecule has 0 bridgehead atoms. The maximum absolute atomic E-state index is 13.8. The van der Waals surface area contributed by atoms with E-state index < -0.39 is 0 Å². The average Bonchev–Trinajstić information content (AvgIpc) is 2.61. The molecule has 2 aromatic carbocycles. The smallest absolute Gasteiger partial charge is 0.251 e. The van der Waals surface area contributed by atoms with E-state index in [4.69, 9.17) is 0 Å². The van der Waals surface area contributed by atoms with Gasteiger partial charge in [-0.2, -0.15) is 0 Å². The van der Waals surface area contributed by atoms with Gasteiger partial charge in [0.15, 0.2) is 0 Å². The van der Waals surface area contributed by atoms with E-state index in [0.29, 0.717) is 24.2 Å². The molecule has 1 heterocycles. The van der Waals surface area contributed by atoms with Crippen LogP contribution in [0, 0.1) is 5.82 Å². The number of aromatic nitrogens is 1. The van der Waals surface area contributed by atoms with E-state index in [1.807, 2.05) is 37.3 Å². The van der Waals surface area contributed by atoms with E-state index >= 15 is 0 Å². The Bertz CT molecular complexity index is 879. The lowest BCUT2D eigenvalue weighted by Gasteiger charge is -2.11. The van der Waals surface area contributed by atoms with Gasteiger partial charge in [-0.25, -0.2) is 4.39 Å². The Balaban J connectivity index is 1.80.